The van der Waals surface area contributed by atoms with Crippen molar-refractivity contribution in [3.8, 4) is 0 Å². The van der Waals surface area contributed by atoms with Gasteiger partial charge in [-0.2, -0.15) is 0 Å². The van der Waals surface area contributed by atoms with Crippen molar-refractivity contribution in [1.29, 1.82) is 0 Å². The van der Waals surface area contributed by atoms with Gasteiger partial charge in [0, 0.05) is 20.2 Å². The number of hydrogen-bond acceptors (Lipinski definition) is 3. The van der Waals surface area contributed by atoms with Crippen molar-refractivity contribution in [2.24, 2.45) is 11.3 Å². The molecule has 1 heterocycles. The summed E-state index contributed by atoms with van der Waals surface area (Å²) in [7, 11) is 3.61. The molecule has 1 saturated heterocycles. The maximum absolute atomic E-state index is 12.8. The van der Waals surface area contributed by atoms with Crippen LogP contribution in [0.15, 0.2) is 0 Å². The fraction of sp³-hybridized carbons (Fsp3) is 0.929. The number of nitrogens with one attached hydrogen (secondary N) is 1. The third-order valence-electron chi connectivity index (χ3n) is 4.33. The molecule has 1 unspecified atom stereocenters. The van der Waals surface area contributed by atoms with Crippen molar-refractivity contribution in [2.75, 3.05) is 33.9 Å². The zero-order chi connectivity index (χ0) is 13.8. The fourth-order valence-corrected chi connectivity index (χ4v) is 2.61. The monoisotopic (exact) mass is 256 g/mol. The molecule has 1 fully saturated rings. The Kier molecular flexibility index (Phi) is 5.60. The molecule has 0 radical (unpaired) electrons. The summed E-state index contributed by atoms with van der Waals surface area (Å²) in [5.74, 6) is 0.715. The van der Waals surface area contributed by atoms with E-state index in [2.05, 4.69) is 26.1 Å². The number of carbonyl (C=O) groups excluding carboxylic acids is 1. The molecule has 0 aromatic heterocycles. The number of hydrogen-bond donors (Lipinski definition) is 1. The van der Waals surface area contributed by atoms with Crippen LogP contribution in [-0.2, 0) is 9.53 Å². The van der Waals surface area contributed by atoms with E-state index in [1.165, 1.54) is 0 Å². The molecule has 1 atom stereocenters. The van der Waals surface area contributed by atoms with Gasteiger partial charge in [0.05, 0.1) is 12.0 Å². The highest BCUT2D eigenvalue weighted by Gasteiger charge is 2.42. The van der Waals surface area contributed by atoms with Crippen molar-refractivity contribution in [3.05, 3.63) is 0 Å². The second-order valence-electron chi connectivity index (χ2n) is 5.86. The molecule has 1 aliphatic heterocycles. The lowest BCUT2D eigenvalue weighted by molar-refractivity contribution is -0.148. The van der Waals surface area contributed by atoms with Crippen molar-refractivity contribution < 1.29 is 9.53 Å². The Morgan fingerprint density at radius 3 is 2.33 bits per heavy atom. The molecule has 18 heavy (non-hydrogen) atoms. The first-order valence-electron chi connectivity index (χ1n) is 6.91. The van der Waals surface area contributed by atoms with Crippen molar-refractivity contribution in [2.45, 2.75) is 39.7 Å². The summed E-state index contributed by atoms with van der Waals surface area (Å²) in [6.07, 6.45) is 1.74. The van der Waals surface area contributed by atoms with Gasteiger partial charge < -0.3 is 15.0 Å². The van der Waals surface area contributed by atoms with Gasteiger partial charge in [-0.1, -0.05) is 13.8 Å². The molecule has 0 bridgehead atoms. The van der Waals surface area contributed by atoms with Crippen LogP contribution in [0.1, 0.15) is 33.6 Å². The van der Waals surface area contributed by atoms with E-state index < -0.39 is 0 Å². The molecule has 4 nitrogen and oxygen atoms in total. The van der Waals surface area contributed by atoms with Crippen LogP contribution in [0.5, 0.6) is 0 Å². The highest BCUT2D eigenvalue weighted by molar-refractivity contribution is 5.83. The Bertz CT molecular complexity index is 267. The second-order valence-corrected chi connectivity index (χ2v) is 5.86. The number of nitrogens with zero attached hydrogens (tertiary/aromatic N) is 1. The number of ether oxygens (including phenoxy) is 1. The zero-order valence-electron chi connectivity index (χ0n) is 12.5. The summed E-state index contributed by atoms with van der Waals surface area (Å²) in [6, 6.07) is 0.265. The van der Waals surface area contributed by atoms with Gasteiger partial charge in [0.1, 0.15) is 0 Å². The number of rotatable bonds is 5. The van der Waals surface area contributed by atoms with Crippen molar-refractivity contribution in [3.63, 3.8) is 0 Å². The first-order chi connectivity index (χ1) is 8.44. The lowest BCUT2D eigenvalue weighted by Gasteiger charge is -2.41. The smallest absolute Gasteiger partial charge is 0.231 e. The summed E-state index contributed by atoms with van der Waals surface area (Å²) in [4.78, 5) is 14.7. The average molecular weight is 256 g/mol. The predicted molar refractivity (Wildman–Crippen MR) is 73.5 cm³/mol. The highest BCUT2D eigenvalue weighted by Crippen LogP contribution is 2.32. The third kappa shape index (κ3) is 3.23. The Labute approximate surface area is 111 Å². The molecular weight excluding hydrogens is 228 g/mol. The minimum Gasteiger partial charge on any atom is -0.384 e. The fourth-order valence-electron chi connectivity index (χ4n) is 2.61. The van der Waals surface area contributed by atoms with E-state index in [-0.39, 0.29) is 17.4 Å². The van der Waals surface area contributed by atoms with Gasteiger partial charge in [-0.05, 0) is 38.8 Å². The van der Waals surface area contributed by atoms with Gasteiger partial charge in [-0.3, -0.25) is 4.79 Å². The molecule has 1 N–H and O–H groups in total. The van der Waals surface area contributed by atoms with Crippen LogP contribution in [0.25, 0.3) is 0 Å². The Morgan fingerprint density at radius 1 is 1.33 bits per heavy atom. The van der Waals surface area contributed by atoms with E-state index in [0.29, 0.717) is 12.5 Å². The van der Waals surface area contributed by atoms with Crippen LogP contribution < -0.4 is 5.32 Å². The molecule has 0 spiro atoms. The lowest BCUT2D eigenvalue weighted by Crippen LogP contribution is -2.53. The van der Waals surface area contributed by atoms with Crippen molar-refractivity contribution in [1.82, 2.24) is 10.2 Å². The Balaban J connectivity index is 2.81. The summed E-state index contributed by atoms with van der Waals surface area (Å²) in [5, 5.41) is 3.32. The molecule has 4 heteroatoms. The molecule has 106 valence electrons. The average Bonchev–Trinajstić information content (AvgIpc) is 2.37. The summed E-state index contributed by atoms with van der Waals surface area (Å²) in [5.41, 5.74) is -0.322. The number of methoxy groups -OCH3 is 1. The van der Waals surface area contributed by atoms with Crippen molar-refractivity contribution >= 4 is 5.91 Å². The van der Waals surface area contributed by atoms with Gasteiger partial charge in [-0.15, -0.1) is 0 Å². The van der Waals surface area contributed by atoms with Crippen LogP contribution in [0, 0.1) is 11.3 Å². The van der Waals surface area contributed by atoms with Crippen LogP contribution in [0.3, 0.4) is 0 Å². The maximum Gasteiger partial charge on any atom is 0.231 e. The second kappa shape index (κ2) is 6.53. The number of carbonyl (C=O) groups is 1. The zero-order valence-corrected chi connectivity index (χ0v) is 12.5. The van der Waals surface area contributed by atoms with E-state index in [4.69, 9.17) is 4.74 Å². The molecule has 0 saturated carbocycles. The molecule has 1 aliphatic rings. The van der Waals surface area contributed by atoms with E-state index in [9.17, 15) is 4.79 Å². The Morgan fingerprint density at radius 2 is 1.89 bits per heavy atom. The molecule has 0 aliphatic carbocycles. The Hall–Kier alpha value is -0.610. The standard InChI is InChI=1S/C14H28N2O2/c1-11(2)12(3)16(4)13(17)14(10-18-5)6-8-15-9-7-14/h11-12,15H,6-10H2,1-5H3. The van der Waals surface area contributed by atoms with Gasteiger partial charge in [-0.25, -0.2) is 0 Å². The minimum atomic E-state index is -0.322. The van der Waals surface area contributed by atoms with Gasteiger partial charge >= 0.3 is 0 Å². The molecule has 0 aromatic rings. The molecule has 1 amide bonds. The first-order valence-corrected chi connectivity index (χ1v) is 6.91. The summed E-state index contributed by atoms with van der Waals surface area (Å²) in [6.45, 7) is 8.75. The van der Waals surface area contributed by atoms with Crippen LogP contribution in [0.4, 0.5) is 0 Å². The highest BCUT2D eigenvalue weighted by atomic mass is 16.5. The molecule has 0 aromatic carbocycles. The van der Waals surface area contributed by atoms with Crippen LogP contribution in [-0.4, -0.2) is 50.7 Å². The van der Waals surface area contributed by atoms with Gasteiger partial charge in [0.25, 0.3) is 0 Å². The van der Waals surface area contributed by atoms with E-state index in [1.54, 1.807) is 7.11 Å². The van der Waals surface area contributed by atoms with E-state index in [1.807, 2.05) is 11.9 Å². The van der Waals surface area contributed by atoms with E-state index >= 15 is 0 Å². The van der Waals surface area contributed by atoms with Gasteiger partial charge in [0.15, 0.2) is 0 Å². The van der Waals surface area contributed by atoms with Crippen LogP contribution >= 0.6 is 0 Å². The number of amides is 1. The summed E-state index contributed by atoms with van der Waals surface area (Å²) >= 11 is 0. The predicted octanol–water partition coefficient (Wildman–Crippen LogP) is 1.51. The molecule has 1 rings (SSSR count). The number of piperidine rings is 1. The topological polar surface area (TPSA) is 41.6 Å². The van der Waals surface area contributed by atoms with E-state index in [0.717, 1.165) is 25.9 Å². The van der Waals surface area contributed by atoms with Crippen LogP contribution in [0.2, 0.25) is 0 Å². The lowest BCUT2D eigenvalue weighted by atomic mass is 9.78. The first kappa shape index (κ1) is 15.4. The third-order valence-corrected chi connectivity index (χ3v) is 4.33. The SMILES string of the molecule is COCC1(C(=O)N(C)C(C)C(C)C)CCNCC1. The summed E-state index contributed by atoms with van der Waals surface area (Å²) < 4.78 is 5.32. The normalized spacial score (nSPS) is 20.8. The maximum atomic E-state index is 12.8. The quantitative estimate of drug-likeness (QED) is 0.810. The largest absolute Gasteiger partial charge is 0.384 e. The minimum absolute atomic E-state index is 0.243. The molecular formula is C14H28N2O2. The van der Waals surface area contributed by atoms with Gasteiger partial charge in [0.2, 0.25) is 5.91 Å².